The van der Waals surface area contributed by atoms with Crippen LogP contribution >= 0.6 is 11.6 Å². The van der Waals surface area contributed by atoms with E-state index in [2.05, 4.69) is 29.2 Å². The first kappa shape index (κ1) is 17.7. The van der Waals surface area contributed by atoms with E-state index in [0.717, 1.165) is 22.4 Å². The number of nitrogens with zero attached hydrogens (tertiary/aromatic N) is 3. The van der Waals surface area contributed by atoms with E-state index in [-0.39, 0.29) is 11.8 Å². The van der Waals surface area contributed by atoms with Crippen LogP contribution in [-0.4, -0.2) is 22.6 Å². The molecule has 1 amide bonds. The van der Waals surface area contributed by atoms with Gasteiger partial charge in [-0.15, -0.1) is 0 Å². The normalized spacial score (nSPS) is 17.0. The van der Waals surface area contributed by atoms with Crippen molar-refractivity contribution < 1.29 is 9.32 Å². The molecule has 0 bridgehead atoms. The Balaban J connectivity index is 1.62. The monoisotopic (exact) mass is 381 g/mol. The van der Waals surface area contributed by atoms with Gasteiger partial charge in [-0.2, -0.15) is 4.98 Å². The SMILES string of the molecule is Cc1cc(C)c(N2CC(c3nc(-c4ccccc4Cl)no3)CC2=O)c(C)c1. The fourth-order valence-electron chi connectivity index (χ4n) is 3.84. The van der Waals surface area contributed by atoms with E-state index in [1.807, 2.05) is 36.9 Å². The maximum absolute atomic E-state index is 12.7. The van der Waals surface area contributed by atoms with Gasteiger partial charge in [0.05, 0.1) is 10.9 Å². The number of amides is 1. The molecule has 2 aromatic carbocycles. The third-order valence-corrected chi connectivity index (χ3v) is 5.27. The number of aryl methyl sites for hydroxylation is 3. The number of halogens is 1. The molecular weight excluding hydrogens is 362 g/mol. The zero-order valence-electron chi connectivity index (χ0n) is 15.5. The molecule has 0 spiro atoms. The van der Waals surface area contributed by atoms with Crippen LogP contribution in [0.4, 0.5) is 5.69 Å². The van der Waals surface area contributed by atoms with Crippen LogP contribution in [0.1, 0.15) is 34.9 Å². The van der Waals surface area contributed by atoms with Gasteiger partial charge in [-0.3, -0.25) is 4.79 Å². The average Bonchev–Trinajstić information content (AvgIpc) is 3.22. The van der Waals surface area contributed by atoms with Crippen LogP contribution in [-0.2, 0) is 4.79 Å². The second-order valence-corrected chi connectivity index (χ2v) is 7.50. The molecule has 138 valence electrons. The van der Waals surface area contributed by atoms with Crippen molar-refractivity contribution in [1.29, 1.82) is 0 Å². The molecule has 1 aliphatic heterocycles. The molecule has 5 nitrogen and oxygen atoms in total. The van der Waals surface area contributed by atoms with E-state index >= 15 is 0 Å². The lowest BCUT2D eigenvalue weighted by atomic mass is 10.0. The highest BCUT2D eigenvalue weighted by Crippen LogP contribution is 2.36. The molecule has 1 saturated heterocycles. The van der Waals surface area contributed by atoms with Crippen molar-refractivity contribution in [3.05, 3.63) is 64.0 Å². The Morgan fingerprint density at radius 1 is 1.15 bits per heavy atom. The smallest absolute Gasteiger partial charge is 0.232 e. The summed E-state index contributed by atoms with van der Waals surface area (Å²) in [6.45, 7) is 6.68. The maximum atomic E-state index is 12.7. The van der Waals surface area contributed by atoms with E-state index in [1.165, 1.54) is 5.56 Å². The molecule has 3 aromatic rings. The fourth-order valence-corrected chi connectivity index (χ4v) is 4.06. The van der Waals surface area contributed by atoms with Crippen molar-refractivity contribution in [2.75, 3.05) is 11.4 Å². The second kappa shape index (κ2) is 6.82. The number of hydrogen-bond donors (Lipinski definition) is 0. The predicted octanol–water partition coefficient (Wildman–Crippen LogP) is 4.84. The zero-order chi connectivity index (χ0) is 19.1. The van der Waals surface area contributed by atoms with E-state index in [1.54, 1.807) is 6.07 Å². The largest absolute Gasteiger partial charge is 0.339 e. The van der Waals surface area contributed by atoms with Crippen LogP contribution in [0.2, 0.25) is 5.02 Å². The molecular formula is C21H20ClN3O2. The summed E-state index contributed by atoms with van der Waals surface area (Å²) in [6, 6.07) is 11.6. The van der Waals surface area contributed by atoms with Gasteiger partial charge in [0.25, 0.3) is 0 Å². The third kappa shape index (κ3) is 3.23. The molecule has 4 rings (SSSR count). The highest BCUT2D eigenvalue weighted by Gasteiger charge is 2.36. The Labute approximate surface area is 163 Å². The Morgan fingerprint density at radius 2 is 1.85 bits per heavy atom. The zero-order valence-corrected chi connectivity index (χ0v) is 16.2. The van der Waals surface area contributed by atoms with Gasteiger partial charge in [-0.25, -0.2) is 0 Å². The topological polar surface area (TPSA) is 59.2 Å². The molecule has 2 heterocycles. The van der Waals surface area contributed by atoms with Gasteiger partial charge >= 0.3 is 0 Å². The summed E-state index contributed by atoms with van der Waals surface area (Å²) in [5.74, 6) is 0.876. The lowest BCUT2D eigenvalue weighted by Gasteiger charge is -2.21. The van der Waals surface area contributed by atoms with Gasteiger partial charge in [0.2, 0.25) is 17.6 Å². The van der Waals surface area contributed by atoms with Gasteiger partial charge in [0.1, 0.15) is 0 Å². The summed E-state index contributed by atoms with van der Waals surface area (Å²) in [7, 11) is 0. The van der Waals surface area contributed by atoms with Crippen molar-refractivity contribution in [1.82, 2.24) is 10.1 Å². The highest BCUT2D eigenvalue weighted by molar-refractivity contribution is 6.33. The summed E-state index contributed by atoms with van der Waals surface area (Å²) >= 11 is 6.22. The van der Waals surface area contributed by atoms with Gasteiger partial charge in [0.15, 0.2) is 0 Å². The van der Waals surface area contributed by atoms with Gasteiger partial charge < -0.3 is 9.42 Å². The van der Waals surface area contributed by atoms with Crippen LogP contribution in [0, 0.1) is 20.8 Å². The molecule has 1 fully saturated rings. The number of carbonyl (C=O) groups excluding carboxylic acids is 1. The number of carbonyl (C=O) groups is 1. The Hall–Kier alpha value is -2.66. The molecule has 0 saturated carbocycles. The molecule has 1 unspecified atom stereocenters. The minimum atomic E-state index is -0.124. The summed E-state index contributed by atoms with van der Waals surface area (Å²) in [5, 5.41) is 4.63. The molecule has 0 aliphatic carbocycles. The number of anilines is 1. The first-order valence-corrected chi connectivity index (χ1v) is 9.28. The minimum Gasteiger partial charge on any atom is -0.339 e. The van der Waals surface area contributed by atoms with Crippen LogP contribution in [0.25, 0.3) is 11.4 Å². The Morgan fingerprint density at radius 3 is 2.56 bits per heavy atom. The van der Waals surface area contributed by atoms with Crippen molar-refractivity contribution in [3.8, 4) is 11.4 Å². The molecule has 6 heteroatoms. The lowest BCUT2D eigenvalue weighted by Crippen LogP contribution is -2.26. The Kier molecular flexibility index (Phi) is 4.48. The first-order chi connectivity index (χ1) is 12.9. The summed E-state index contributed by atoms with van der Waals surface area (Å²) < 4.78 is 5.47. The van der Waals surface area contributed by atoms with Gasteiger partial charge in [-0.05, 0) is 44.0 Å². The van der Waals surface area contributed by atoms with E-state index in [0.29, 0.717) is 29.7 Å². The van der Waals surface area contributed by atoms with Crippen molar-refractivity contribution >= 4 is 23.2 Å². The number of benzene rings is 2. The van der Waals surface area contributed by atoms with Crippen molar-refractivity contribution in [3.63, 3.8) is 0 Å². The van der Waals surface area contributed by atoms with Crippen molar-refractivity contribution in [2.45, 2.75) is 33.1 Å². The number of rotatable bonds is 3. The molecule has 1 aliphatic rings. The van der Waals surface area contributed by atoms with Crippen molar-refractivity contribution in [2.24, 2.45) is 0 Å². The number of hydrogen-bond acceptors (Lipinski definition) is 4. The summed E-state index contributed by atoms with van der Waals surface area (Å²) in [6.07, 6.45) is 0.358. The predicted molar refractivity (Wildman–Crippen MR) is 105 cm³/mol. The Bertz CT molecular complexity index is 1000. The van der Waals surface area contributed by atoms with E-state index in [4.69, 9.17) is 16.1 Å². The molecule has 0 radical (unpaired) electrons. The van der Waals surface area contributed by atoms with Crippen LogP contribution in [0.3, 0.4) is 0 Å². The third-order valence-electron chi connectivity index (χ3n) is 4.94. The summed E-state index contributed by atoms with van der Waals surface area (Å²) in [5.41, 5.74) is 5.10. The van der Waals surface area contributed by atoms with Gasteiger partial charge in [0, 0.05) is 24.2 Å². The fraction of sp³-hybridized carbons (Fsp3) is 0.286. The molecule has 1 aromatic heterocycles. The average molecular weight is 382 g/mol. The lowest BCUT2D eigenvalue weighted by molar-refractivity contribution is -0.117. The maximum Gasteiger partial charge on any atom is 0.232 e. The standard InChI is InChI=1S/C21H20ClN3O2/c1-12-8-13(2)19(14(3)9-12)25-11-15(10-18(25)26)21-23-20(24-27-21)16-6-4-5-7-17(16)22/h4-9,15H,10-11H2,1-3H3. The summed E-state index contributed by atoms with van der Waals surface area (Å²) in [4.78, 5) is 19.0. The molecule has 27 heavy (non-hydrogen) atoms. The number of aromatic nitrogens is 2. The molecule has 1 atom stereocenters. The second-order valence-electron chi connectivity index (χ2n) is 7.09. The van der Waals surface area contributed by atoms with Crippen LogP contribution in [0.5, 0.6) is 0 Å². The minimum absolute atomic E-state index is 0.0764. The highest BCUT2D eigenvalue weighted by atomic mass is 35.5. The molecule has 0 N–H and O–H groups in total. The van der Waals surface area contributed by atoms with Crippen LogP contribution < -0.4 is 4.90 Å². The van der Waals surface area contributed by atoms with E-state index < -0.39 is 0 Å². The van der Waals surface area contributed by atoms with Gasteiger partial charge in [-0.1, -0.05) is 46.6 Å². The van der Waals surface area contributed by atoms with Crippen LogP contribution in [0.15, 0.2) is 40.9 Å². The van der Waals surface area contributed by atoms with E-state index in [9.17, 15) is 4.79 Å². The first-order valence-electron chi connectivity index (χ1n) is 8.90. The quantitative estimate of drug-likeness (QED) is 0.651.